The second kappa shape index (κ2) is 39.1. The second-order valence-corrected chi connectivity index (χ2v) is 35.7. The van der Waals surface area contributed by atoms with Gasteiger partial charge in [-0.2, -0.15) is 0 Å². The second-order valence-electron chi connectivity index (χ2n) is 35.7. The van der Waals surface area contributed by atoms with Gasteiger partial charge in [0.1, 0.15) is 30.8 Å². The van der Waals surface area contributed by atoms with Gasteiger partial charge in [0, 0.05) is 108 Å². The van der Waals surface area contributed by atoms with Crippen LogP contribution in [0.25, 0.3) is 0 Å². The average molecular weight is 1540 g/mol. The molecule has 115 heavy (non-hydrogen) atoms. The molecule has 9 aromatic rings. The highest BCUT2D eigenvalue weighted by molar-refractivity contribution is 5.85. The summed E-state index contributed by atoms with van der Waals surface area (Å²) >= 11 is 0. The first-order valence-electron chi connectivity index (χ1n) is 43.1. The summed E-state index contributed by atoms with van der Waals surface area (Å²) in [6.07, 6.45) is 19.6. The van der Waals surface area contributed by atoms with Gasteiger partial charge in [-0.15, -0.1) is 0 Å². The number of para-hydroxylation sites is 10. The van der Waals surface area contributed by atoms with Gasteiger partial charge in [0.2, 0.25) is 0 Å². The molecule has 0 amide bonds. The zero-order valence-corrected chi connectivity index (χ0v) is 75.0. The van der Waals surface area contributed by atoms with Crippen LogP contribution in [0, 0.1) is 57.3 Å². The molecule has 5 aliphatic heterocycles. The van der Waals surface area contributed by atoms with Crippen LogP contribution in [-0.4, -0.2) is 48.8 Å². The summed E-state index contributed by atoms with van der Waals surface area (Å²) in [6, 6.07) is 77.0. The van der Waals surface area contributed by atoms with Gasteiger partial charge < -0.3 is 49.0 Å². The lowest BCUT2D eigenvalue weighted by molar-refractivity contribution is 0.201. The van der Waals surface area contributed by atoms with Crippen molar-refractivity contribution in [3.8, 4) is 0 Å². The smallest absolute Gasteiger partial charge is 0.112 e. The SMILES string of the molecule is CC(C)c1ccccc1N1C=CN(C(C)C)C1C(C)C.CC(C)c1ccccc1N1C=CN(c2ccccc2)C1C(C)C.CC(C)c1ccccc1N1c2ccccc2N(C)C1C(C)C.Cc1cccc(C)c1N1C=CN(c2ccccc2C(C)C)C1C(C)C.Cc1cccc(C)c1N1C=CN(c2ccccc2C(C)C)C1C(C)C. The molecular formula is C105H140N10. The normalized spacial score (nSPS) is 17.6. The van der Waals surface area contributed by atoms with E-state index in [9.17, 15) is 0 Å². The lowest BCUT2D eigenvalue weighted by atomic mass is 9.99. The fraction of sp³-hybridized carbons (Fsp3) is 0.410. The van der Waals surface area contributed by atoms with Crippen LogP contribution < -0.4 is 44.1 Å². The van der Waals surface area contributed by atoms with E-state index >= 15 is 0 Å². The molecule has 0 saturated carbocycles. The van der Waals surface area contributed by atoms with E-state index in [1.165, 1.54) is 107 Å². The Morgan fingerprint density at radius 3 is 0.791 bits per heavy atom. The predicted octanol–water partition coefficient (Wildman–Crippen LogP) is 28.2. The van der Waals surface area contributed by atoms with Crippen molar-refractivity contribution in [2.24, 2.45) is 29.6 Å². The number of hydrogen-bond acceptors (Lipinski definition) is 10. The minimum atomic E-state index is 0.291. The molecule has 9 aromatic carbocycles. The van der Waals surface area contributed by atoms with Crippen LogP contribution >= 0.6 is 0 Å². The quantitative estimate of drug-likeness (QED) is 0.0781. The number of nitrogens with zero attached hydrogens (tertiary/aromatic N) is 10. The largest absolute Gasteiger partial charge is 0.353 e. The molecule has 5 aliphatic rings. The van der Waals surface area contributed by atoms with E-state index in [1.54, 1.807) is 0 Å². The van der Waals surface area contributed by atoms with Gasteiger partial charge in [-0.25, -0.2) is 0 Å². The third-order valence-electron chi connectivity index (χ3n) is 23.2. The fourth-order valence-electron chi connectivity index (χ4n) is 18.0. The minimum Gasteiger partial charge on any atom is -0.353 e. The van der Waals surface area contributed by atoms with Gasteiger partial charge in [-0.1, -0.05) is 296 Å². The van der Waals surface area contributed by atoms with Crippen molar-refractivity contribution >= 4 is 56.9 Å². The number of fused-ring (bicyclic) bond motifs is 1. The molecule has 0 bridgehead atoms. The fourth-order valence-corrected chi connectivity index (χ4v) is 18.0. The lowest BCUT2D eigenvalue weighted by Crippen LogP contribution is -2.45. The molecule has 0 saturated heterocycles. The predicted molar refractivity (Wildman–Crippen MR) is 502 cm³/mol. The maximum atomic E-state index is 2.52. The Morgan fingerprint density at radius 2 is 0.470 bits per heavy atom. The van der Waals surface area contributed by atoms with Crippen LogP contribution in [0.1, 0.15) is 232 Å². The highest BCUT2D eigenvalue weighted by Crippen LogP contribution is 2.48. The summed E-state index contributed by atoms with van der Waals surface area (Å²) in [7, 11) is 2.21. The molecule has 5 atom stereocenters. The van der Waals surface area contributed by atoms with E-state index in [4.69, 9.17) is 0 Å². The average Bonchev–Trinajstić information content (AvgIpc) is 1.64. The number of hydrogen-bond donors (Lipinski definition) is 0. The van der Waals surface area contributed by atoms with Crippen LogP contribution in [-0.2, 0) is 0 Å². The summed E-state index contributed by atoms with van der Waals surface area (Å²) in [5.74, 6) is 5.19. The van der Waals surface area contributed by atoms with E-state index in [1.807, 2.05) is 0 Å². The van der Waals surface area contributed by atoms with Gasteiger partial charge in [-0.3, -0.25) is 0 Å². The first kappa shape index (κ1) is 87.3. The topological polar surface area (TPSA) is 32.4 Å². The molecule has 14 rings (SSSR count). The molecule has 0 radical (unpaired) electrons. The van der Waals surface area contributed by atoms with Gasteiger partial charge in [0.15, 0.2) is 0 Å². The summed E-state index contributed by atoms with van der Waals surface area (Å²) in [5, 5.41) is 0. The molecule has 10 nitrogen and oxygen atoms in total. The van der Waals surface area contributed by atoms with Gasteiger partial charge in [-0.05, 0) is 205 Å². The third-order valence-corrected chi connectivity index (χ3v) is 23.2. The standard InChI is InChI=1S/2C23H30N2.C21H26N2.C20H26N2.C18H28N2/c2*1-16(2)20-12-7-8-13-21(20)24-14-15-25(23(24)17(3)4)22-18(5)10-9-11-19(22)6;1-16(2)19-12-8-9-13-20(19)23-15-14-22(21(23)17(3)4)18-10-6-5-7-11-18;1-14(2)16-10-6-7-11-17(16)22-19-13-9-8-12-18(19)21(5)20(22)15(3)4;1-13(2)16-9-7-8-10-17(16)20-12-11-19(15(5)6)18(20)14(3)4/h2*7-17,23H,1-6H3;5-17,21H,1-4H3;6-15,20H,1-5H3;7-15,18H,1-6H3. The molecule has 5 unspecified atom stereocenters. The van der Waals surface area contributed by atoms with Crippen LogP contribution in [0.15, 0.2) is 262 Å². The Hall–Kier alpha value is -10.1. The molecule has 0 fully saturated rings. The zero-order chi connectivity index (χ0) is 83.4. The van der Waals surface area contributed by atoms with Gasteiger partial charge in [0.05, 0.1) is 11.4 Å². The number of anilines is 10. The minimum absolute atomic E-state index is 0.291. The lowest BCUT2D eigenvalue weighted by Gasteiger charge is -2.38. The molecule has 5 heterocycles. The molecule has 0 aliphatic carbocycles. The molecule has 0 spiro atoms. The van der Waals surface area contributed by atoms with Crippen molar-refractivity contribution in [3.63, 3.8) is 0 Å². The molecule has 610 valence electrons. The van der Waals surface area contributed by atoms with Crippen molar-refractivity contribution in [1.29, 1.82) is 0 Å². The van der Waals surface area contributed by atoms with Crippen molar-refractivity contribution in [1.82, 2.24) is 4.90 Å². The van der Waals surface area contributed by atoms with Gasteiger partial charge in [0.25, 0.3) is 0 Å². The Balaban J connectivity index is 0.000000152. The Morgan fingerprint density at radius 1 is 0.217 bits per heavy atom. The highest BCUT2D eigenvalue weighted by Gasteiger charge is 2.40. The number of aryl methyl sites for hydroxylation is 4. The van der Waals surface area contributed by atoms with E-state index in [-0.39, 0.29) is 0 Å². The summed E-state index contributed by atoms with van der Waals surface area (Å²) < 4.78 is 0. The number of benzene rings is 9. The molecular weight excluding hydrogens is 1400 g/mol. The van der Waals surface area contributed by atoms with E-state index in [0.717, 1.165) is 0 Å². The van der Waals surface area contributed by atoms with Crippen LogP contribution in [0.4, 0.5) is 56.9 Å². The summed E-state index contributed by atoms with van der Waals surface area (Å²) in [5.41, 5.74) is 25.6. The van der Waals surface area contributed by atoms with Crippen LogP contribution in [0.5, 0.6) is 0 Å². The van der Waals surface area contributed by atoms with Crippen molar-refractivity contribution < 1.29 is 0 Å². The molecule has 10 heteroatoms. The number of rotatable bonds is 19. The highest BCUT2D eigenvalue weighted by atomic mass is 15.4. The van der Waals surface area contributed by atoms with Crippen molar-refractivity contribution in [2.75, 3.05) is 51.1 Å². The maximum absolute atomic E-state index is 2.52. The van der Waals surface area contributed by atoms with E-state index in [2.05, 4.69) is 498 Å². The summed E-state index contributed by atoms with van der Waals surface area (Å²) in [4.78, 5) is 24.4. The Bertz CT molecular complexity index is 4550. The summed E-state index contributed by atoms with van der Waals surface area (Å²) in [6.45, 7) is 59.1. The van der Waals surface area contributed by atoms with E-state index in [0.29, 0.717) is 96.0 Å². The third kappa shape index (κ3) is 19.4. The van der Waals surface area contributed by atoms with Gasteiger partial charge >= 0.3 is 0 Å². The van der Waals surface area contributed by atoms with Crippen LogP contribution in [0.2, 0.25) is 0 Å². The first-order valence-corrected chi connectivity index (χ1v) is 43.1. The van der Waals surface area contributed by atoms with Crippen LogP contribution in [0.3, 0.4) is 0 Å². The monoisotopic (exact) mass is 1540 g/mol. The van der Waals surface area contributed by atoms with Crippen molar-refractivity contribution in [3.05, 3.63) is 312 Å². The molecule has 0 N–H and O–H groups in total. The Kier molecular flexibility index (Phi) is 29.7. The van der Waals surface area contributed by atoms with E-state index < -0.39 is 0 Å². The zero-order valence-electron chi connectivity index (χ0n) is 75.0. The Labute approximate surface area is 696 Å². The van der Waals surface area contributed by atoms with Crippen molar-refractivity contribution in [2.45, 2.75) is 246 Å². The first-order chi connectivity index (χ1) is 54.9. The maximum Gasteiger partial charge on any atom is 0.112 e. The molecule has 0 aromatic heterocycles.